The van der Waals surface area contributed by atoms with Crippen molar-refractivity contribution < 1.29 is 14.3 Å². The highest BCUT2D eigenvalue weighted by Crippen LogP contribution is 2.17. The van der Waals surface area contributed by atoms with Gasteiger partial charge in [-0.1, -0.05) is 19.9 Å². The zero-order chi connectivity index (χ0) is 21.2. The minimum absolute atomic E-state index is 0.0112. The molecule has 0 aliphatic heterocycles. The van der Waals surface area contributed by atoms with Crippen molar-refractivity contribution in [3.05, 3.63) is 54.1 Å². The van der Waals surface area contributed by atoms with Crippen molar-refractivity contribution in [3.63, 3.8) is 0 Å². The van der Waals surface area contributed by atoms with Crippen LogP contribution < -0.4 is 15.4 Å². The van der Waals surface area contributed by atoms with Crippen LogP contribution in [0.3, 0.4) is 0 Å². The molecule has 0 aliphatic rings. The topological polar surface area (TPSA) is 70.7 Å². The molecule has 0 unspecified atom stereocenters. The lowest BCUT2D eigenvalue weighted by atomic mass is 10.1. The van der Waals surface area contributed by atoms with Crippen LogP contribution >= 0.6 is 0 Å². The zero-order valence-electron chi connectivity index (χ0n) is 17.7. The summed E-state index contributed by atoms with van der Waals surface area (Å²) < 4.78 is 5.64. The van der Waals surface area contributed by atoms with Crippen molar-refractivity contribution in [2.24, 2.45) is 5.92 Å². The van der Waals surface area contributed by atoms with Crippen LogP contribution in [0.5, 0.6) is 5.75 Å². The van der Waals surface area contributed by atoms with E-state index >= 15 is 0 Å². The van der Waals surface area contributed by atoms with Crippen LogP contribution in [0.4, 0.5) is 11.4 Å². The Morgan fingerprint density at radius 3 is 2.31 bits per heavy atom. The fraction of sp³-hybridized carbons (Fsp3) is 0.391. The summed E-state index contributed by atoms with van der Waals surface area (Å²) in [5.41, 5.74) is 2.05. The summed E-state index contributed by atoms with van der Waals surface area (Å²) in [6.07, 6.45) is 0. The molecule has 0 fully saturated rings. The molecule has 2 aromatic carbocycles. The van der Waals surface area contributed by atoms with Gasteiger partial charge in [0.2, 0.25) is 5.91 Å². The number of anilines is 2. The van der Waals surface area contributed by atoms with E-state index in [-0.39, 0.29) is 18.4 Å². The summed E-state index contributed by atoms with van der Waals surface area (Å²) in [5.74, 6) is 1.06. The van der Waals surface area contributed by atoms with Gasteiger partial charge >= 0.3 is 0 Å². The minimum Gasteiger partial charge on any atom is -0.493 e. The van der Waals surface area contributed by atoms with Gasteiger partial charge in [0.15, 0.2) is 0 Å². The molecule has 2 aromatic rings. The van der Waals surface area contributed by atoms with Crippen LogP contribution in [-0.2, 0) is 4.79 Å². The number of nitrogens with zero attached hydrogens (tertiary/aromatic N) is 1. The summed E-state index contributed by atoms with van der Waals surface area (Å²) in [6.45, 7) is 10.2. The Morgan fingerprint density at radius 2 is 1.69 bits per heavy atom. The Labute approximate surface area is 173 Å². The van der Waals surface area contributed by atoms with Gasteiger partial charge in [-0.25, -0.2) is 0 Å². The zero-order valence-corrected chi connectivity index (χ0v) is 17.7. The summed E-state index contributed by atoms with van der Waals surface area (Å²) in [7, 11) is 0. The predicted octanol–water partition coefficient (Wildman–Crippen LogP) is 4.25. The van der Waals surface area contributed by atoms with Crippen LogP contribution in [0.15, 0.2) is 48.5 Å². The molecule has 0 atom stereocenters. The number of amides is 2. The Kier molecular flexibility index (Phi) is 8.52. The summed E-state index contributed by atoms with van der Waals surface area (Å²) in [4.78, 5) is 26.4. The molecular weight excluding hydrogens is 366 g/mol. The molecular formula is C23H31N3O3. The molecule has 0 aliphatic carbocycles. The standard InChI is InChI=1S/C23H31N3O3/c1-5-26(6-2)23(28)18-8-7-9-20(14-18)24-15-22(27)25-19-10-12-21(13-11-19)29-16-17(3)4/h7-14,17,24H,5-6,15-16H2,1-4H3,(H,25,27). The van der Waals surface area contributed by atoms with Crippen molar-refractivity contribution in [3.8, 4) is 5.75 Å². The third-order valence-corrected chi connectivity index (χ3v) is 4.33. The van der Waals surface area contributed by atoms with Gasteiger partial charge in [-0.3, -0.25) is 9.59 Å². The van der Waals surface area contributed by atoms with Gasteiger partial charge in [0.05, 0.1) is 13.2 Å². The number of benzene rings is 2. The third-order valence-electron chi connectivity index (χ3n) is 4.33. The maximum absolute atomic E-state index is 12.5. The lowest BCUT2D eigenvalue weighted by molar-refractivity contribution is -0.114. The second-order valence-corrected chi connectivity index (χ2v) is 7.19. The molecule has 0 saturated carbocycles. The van der Waals surface area contributed by atoms with Crippen molar-refractivity contribution in [2.75, 3.05) is 36.9 Å². The Morgan fingerprint density at radius 1 is 1.00 bits per heavy atom. The molecule has 2 amide bonds. The molecule has 0 spiro atoms. The molecule has 6 heteroatoms. The highest BCUT2D eigenvalue weighted by Gasteiger charge is 2.12. The highest BCUT2D eigenvalue weighted by atomic mass is 16.5. The molecule has 0 bridgehead atoms. The Bertz CT molecular complexity index is 799. The minimum atomic E-state index is -0.165. The van der Waals surface area contributed by atoms with Gasteiger partial charge in [0.1, 0.15) is 5.75 Å². The van der Waals surface area contributed by atoms with E-state index in [1.165, 1.54) is 0 Å². The number of carbonyl (C=O) groups is 2. The molecule has 0 aromatic heterocycles. The van der Waals surface area contributed by atoms with Crippen LogP contribution in [0.1, 0.15) is 38.1 Å². The Balaban J connectivity index is 1.87. The van der Waals surface area contributed by atoms with Crippen molar-refractivity contribution in [1.29, 1.82) is 0 Å². The number of hydrogen-bond donors (Lipinski definition) is 2. The second kappa shape index (κ2) is 11.1. The second-order valence-electron chi connectivity index (χ2n) is 7.19. The molecule has 0 radical (unpaired) electrons. The first-order chi connectivity index (χ1) is 13.9. The average molecular weight is 398 g/mol. The monoisotopic (exact) mass is 397 g/mol. The van der Waals surface area contributed by atoms with Crippen molar-refractivity contribution in [2.45, 2.75) is 27.7 Å². The molecule has 0 heterocycles. The number of rotatable bonds is 10. The molecule has 29 heavy (non-hydrogen) atoms. The quantitative estimate of drug-likeness (QED) is 0.629. The maximum atomic E-state index is 12.5. The maximum Gasteiger partial charge on any atom is 0.253 e. The smallest absolute Gasteiger partial charge is 0.253 e. The first kappa shape index (κ1) is 22.3. The van der Waals surface area contributed by atoms with Crippen LogP contribution in [-0.4, -0.2) is 43.0 Å². The number of nitrogens with one attached hydrogen (secondary N) is 2. The van der Waals surface area contributed by atoms with E-state index in [2.05, 4.69) is 24.5 Å². The fourth-order valence-corrected chi connectivity index (χ4v) is 2.74. The fourth-order valence-electron chi connectivity index (χ4n) is 2.74. The Hall–Kier alpha value is -3.02. The van der Waals surface area contributed by atoms with E-state index in [4.69, 9.17) is 4.74 Å². The molecule has 2 N–H and O–H groups in total. The largest absolute Gasteiger partial charge is 0.493 e. The molecule has 156 valence electrons. The normalized spacial score (nSPS) is 10.5. The van der Waals surface area contributed by atoms with E-state index in [0.717, 1.165) is 11.4 Å². The predicted molar refractivity (Wildman–Crippen MR) is 118 cm³/mol. The average Bonchev–Trinajstić information content (AvgIpc) is 2.72. The molecule has 0 saturated heterocycles. The van der Waals surface area contributed by atoms with Gasteiger partial charge in [-0.15, -0.1) is 0 Å². The SMILES string of the molecule is CCN(CC)C(=O)c1cccc(NCC(=O)Nc2ccc(OCC(C)C)cc2)c1. The highest BCUT2D eigenvalue weighted by molar-refractivity contribution is 5.96. The van der Waals surface area contributed by atoms with E-state index in [0.29, 0.717) is 36.9 Å². The van der Waals surface area contributed by atoms with E-state index in [1.54, 1.807) is 17.0 Å². The van der Waals surface area contributed by atoms with E-state index in [9.17, 15) is 9.59 Å². The first-order valence-corrected chi connectivity index (χ1v) is 10.1. The van der Waals surface area contributed by atoms with Gasteiger partial charge in [-0.05, 0) is 62.2 Å². The van der Waals surface area contributed by atoms with Gasteiger partial charge in [0, 0.05) is 30.0 Å². The van der Waals surface area contributed by atoms with Crippen LogP contribution in [0.2, 0.25) is 0 Å². The first-order valence-electron chi connectivity index (χ1n) is 10.1. The van der Waals surface area contributed by atoms with E-state index in [1.807, 2.05) is 50.2 Å². The molecule has 6 nitrogen and oxygen atoms in total. The van der Waals surface area contributed by atoms with E-state index < -0.39 is 0 Å². The van der Waals surface area contributed by atoms with Crippen molar-refractivity contribution in [1.82, 2.24) is 4.90 Å². The third kappa shape index (κ3) is 7.14. The summed E-state index contributed by atoms with van der Waals surface area (Å²) >= 11 is 0. The van der Waals surface area contributed by atoms with Gasteiger partial charge in [0.25, 0.3) is 5.91 Å². The molecule has 2 rings (SSSR count). The summed E-state index contributed by atoms with van der Waals surface area (Å²) in [5, 5.41) is 5.92. The van der Waals surface area contributed by atoms with Crippen LogP contribution in [0, 0.1) is 5.92 Å². The lowest BCUT2D eigenvalue weighted by Crippen LogP contribution is -2.30. The van der Waals surface area contributed by atoms with Crippen molar-refractivity contribution >= 4 is 23.2 Å². The lowest BCUT2D eigenvalue weighted by Gasteiger charge is -2.19. The summed E-state index contributed by atoms with van der Waals surface area (Å²) in [6, 6.07) is 14.5. The number of ether oxygens (including phenoxy) is 1. The van der Waals surface area contributed by atoms with Gasteiger partial charge in [-0.2, -0.15) is 0 Å². The van der Waals surface area contributed by atoms with Gasteiger partial charge < -0.3 is 20.3 Å². The van der Waals surface area contributed by atoms with Crippen LogP contribution in [0.25, 0.3) is 0 Å². The number of carbonyl (C=O) groups excluding carboxylic acids is 2. The number of hydrogen-bond acceptors (Lipinski definition) is 4.